The van der Waals surface area contributed by atoms with E-state index in [0.717, 1.165) is 16.7 Å². The molecule has 2 saturated carbocycles. The molecule has 10 heteroatoms. The number of allylic oxidation sites excluding steroid dienone is 4. The highest BCUT2D eigenvalue weighted by molar-refractivity contribution is 5.94. The third-order valence-electron chi connectivity index (χ3n) is 10.3. The highest BCUT2D eigenvalue weighted by atomic mass is 19.4. The van der Waals surface area contributed by atoms with E-state index in [0.29, 0.717) is 56.2 Å². The summed E-state index contributed by atoms with van der Waals surface area (Å²) >= 11 is 0. The van der Waals surface area contributed by atoms with Crippen LogP contribution in [0.3, 0.4) is 0 Å². The van der Waals surface area contributed by atoms with E-state index < -0.39 is 41.4 Å². The summed E-state index contributed by atoms with van der Waals surface area (Å²) in [6, 6.07) is 6.59. The molecule has 42 heavy (non-hydrogen) atoms. The Morgan fingerprint density at radius 2 is 1.74 bits per heavy atom. The monoisotopic (exact) mass is 593 g/mol. The Labute approximate surface area is 241 Å². The van der Waals surface area contributed by atoms with Crippen LogP contribution in [0.25, 0.3) is 0 Å². The molecular formula is C32H36F5NO4. The van der Waals surface area contributed by atoms with Gasteiger partial charge in [-0.2, -0.15) is 22.0 Å². The summed E-state index contributed by atoms with van der Waals surface area (Å²) in [6.07, 6.45) is -2.31. The minimum atomic E-state index is -5.90. The molecule has 5 nitrogen and oxygen atoms in total. The van der Waals surface area contributed by atoms with Crippen LogP contribution >= 0.6 is 0 Å². The fourth-order valence-electron chi connectivity index (χ4n) is 8.22. The molecular weight excluding hydrogens is 557 g/mol. The molecule has 0 aliphatic heterocycles. The molecule has 2 fully saturated rings. The fourth-order valence-corrected chi connectivity index (χ4v) is 8.22. The number of alkyl halides is 5. The summed E-state index contributed by atoms with van der Waals surface area (Å²) in [5.41, 5.74) is -1.12. The van der Waals surface area contributed by atoms with Gasteiger partial charge in [-0.05, 0) is 98.6 Å². The van der Waals surface area contributed by atoms with Gasteiger partial charge in [-0.25, -0.2) is 0 Å². The van der Waals surface area contributed by atoms with Crippen molar-refractivity contribution in [3.8, 4) is 0 Å². The molecule has 4 aliphatic rings. The topological polar surface area (TPSA) is 83.5 Å². The van der Waals surface area contributed by atoms with Crippen LogP contribution in [0.15, 0.2) is 47.1 Å². The number of amides is 1. The maximum absolute atomic E-state index is 15.1. The van der Waals surface area contributed by atoms with E-state index in [-0.39, 0.29) is 36.2 Å². The first-order valence-corrected chi connectivity index (χ1v) is 14.6. The highest BCUT2D eigenvalue weighted by Gasteiger charge is 2.79. The number of fused-ring (bicyclic) bond motifs is 4. The molecule has 0 saturated heterocycles. The van der Waals surface area contributed by atoms with Gasteiger partial charge < -0.3 is 15.2 Å². The second kappa shape index (κ2) is 10.7. The van der Waals surface area contributed by atoms with Gasteiger partial charge in [0.05, 0.1) is 0 Å². The van der Waals surface area contributed by atoms with E-state index in [4.69, 9.17) is 0 Å². The van der Waals surface area contributed by atoms with Gasteiger partial charge in [0.2, 0.25) is 0 Å². The molecule has 0 radical (unpaired) electrons. The number of ketones is 2. The second-order valence-corrected chi connectivity index (χ2v) is 12.7. The van der Waals surface area contributed by atoms with Crippen molar-refractivity contribution >= 4 is 17.5 Å². The smallest absolute Gasteiger partial charge is 0.383 e. The number of benzene rings is 1. The molecule has 228 valence electrons. The predicted octanol–water partition coefficient (Wildman–Crippen LogP) is 6.61. The Balaban J connectivity index is 1.54. The standard InChI is InChI=1S/C32H36F5NO4/c1-18(39)4-3-15-38-28(41)20-7-5-19(6-8-20)25-17-29(2)26(13-14-30(29,42)31(33,34)32(35,36)37)24-11-9-21-16-22(40)10-12-23(21)27(24)25/h5-8,16,24-26,42H,3-4,9-15,17H2,1-2H3,(H,38,41)/t24-,25+,26-,29-,30-/m0/s1. The Morgan fingerprint density at radius 3 is 2.38 bits per heavy atom. The van der Waals surface area contributed by atoms with Crippen LogP contribution < -0.4 is 5.32 Å². The average Bonchev–Trinajstić information content (AvgIpc) is 3.21. The molecule has 0 unspecified atom stereocenters. The van der Waals surface area contributed by atoms with E-state index >= 15 is 8.78 Å². The quantitative estimate of drug-likeness (QED) is 0.275. The first kappa shape index (κ1) is 30.6. The van der Waals surface area contributed by atoms with Crippen LogP contribution in [-0.4, -0.2) is 46.8 Å². The Hall–Kier alpha value is -2.88. The number of hydrogen-bond acceptors (Lipinski definition) is 4. The molecule has 0 spiro atoms. The van der Waals surface area contributed by atoms with E-state index in [1.54, 1.807) is 30.3 Å². The molecule has 5 rings (SSSR count). The SMILES string of the molecule is CC(=O)CCCNC(=O)c1ccc([C@H]2C[C@@]3(C)[C@@H](CC[C@@]3(O)C(F)(F)C(F)(F)F)[C@@H]3CCC4=CC(=O)CCC4=C32)cc1. The van der Waals surface area contributed by atoms with Gasteiger partial charge in [-0.3, -0.25) is 9.59 Å². The lowest BCUT2D eigenvalue weighted by atomic mass is 9.50. The van der Waals surface area contributed by atoms with Crippen molar-refractivity contribution in [2.75, 3.05) is 6.54 Å². The van der Waals surface area contributed by atoms with Crippen molar-refractivity contribution in [1.29, 1.82) is 0 Å². The molecule has 0 bridgehead atoms. The second-order valence-electron chi connectivity index (χ2n) is 12.7. The number of rotatable bonds is 7. The highest BCUT2D eigenvalue weighted by Crippen LogP contribution is 2.70. The predicted molar refractivity (Wildman–Crippen MR) is 145 cm³/mol. The maximum Gasteiger partial charge on any atom is 0.456 e. The molecule has 1 amide bonds. The first-order chi connectivity index (χ1) is 19.6. The average molecular weight is 594 g/mol. The van der Waals surface area contributed by atoms with Gasteiger partial charge in [-0.1, -0.05) is 24.6 Å². The summed E-state index contributed by atoms with van der Waals surface area (Å²) in [4.78, 5) is 36.0. The van der Waals surface area contributed by atoms with Crippen molar-refractivity contribution < 1.29 is 41.4 Å². The molecule has 5 atom stereocenters. The lowest BCUT2D eigenvalue weighted by molar-refractivity contribution is -0.362. The molecule has 0 aromatic heterocycles. The number of nitrogens with one attached hydrogen (secondary N) is 1. The van der Waals surface area contributed by atoms with Crippen LogP contribution in [0, 0.1) is 17.3 Å². The third-order valence-corrected chi connectivity index (χ3v) is 10.3. The van der Waals surface area contributed by atoms with Crippen LogP contribution in [0.2, 0.25) is 0 Å². The third kappa shape index (κ3) is 4.83. The lowest BCUT2D eigenvalue weighted by Gasteiger charge is -2.56. The zero-order valence-electron chi connectivity index (χ0n) is 23.8. The largest absolute Gasteiger partial charge is 0.456 e. The molecule has 1 aromatic rings. The summed E-state index contributed by atoms with van der Waals surface area (Å²) in [5.74, 6) is -7.04. The fraction of sp³-hybridized carbons (Fsp3) is 0.594. The van der Waals surface area contributed by atoms with E-state index in [2.05, 4.69) is 5.32 Å². The van der Waals surface area contributed by atoms with Gasteiger partial charge in [-0.15, -0.1) is 0 Å². The van der Waals surface area contributed by atoms with Crippen LogP contribution in [-0.2, 0) is 9.59 Å². The Morgan fingerprint density at radius 1 is 1.05 bits per heavy atom. The van der Waals surface area contributed by atoms with Crippen molar-refractivity contribution in [3.05, 3.63) is 58.2 Å². The zero-order valence-corrected chi connectivity index (χ0v) is 23.8. The first-order valence-electron chi connectivity index (χ1n) is 14.6. The zero-order chi connectivity index (χ0) is 30.7. The number of aliphatic hydroxyl groups is 1. The van der Waals surface area contributed by atoms with Gasteiger partial charge >= 0.3 is 12.1 Å². The molecule has 2 N–H and O–H groups in total. The molecule has 1 aromatic carbocycles. The van der Waals surface area contributed by atoms with Gasteiger partial charge in [0, 0.05) is 36.3 Å². The summed E-state index contributed by atoms with van der Waals surface area (Å²) < 4.78 is 71.4. The van der Waals surface area contributed by atoms with Crippen molar-refractivity contribution in [3.63, 3.8) is 0 Å². The normalized spacial score (nSPS) is 31.2. The Kier molecular flexibility index (Phi) is 7.78. The molecule has 0 heterocycles. The van der Waals surface area contributed by atoms with Crippen LogP contribution in [0.1, 0.15) is 93.5 Å². The Bertz CT molecular complexity index is 1350. The number of Topliss-reactive ketones (excluding diaryl/α,β-unsaturated/α-hetero) is 1. The molecule has 4 aliphatic carbocycles. The van der Waals surface area contributed by atoms with Crippen molar-refractivity contribution in [2.24, 2.45) is 17.3 Å². The lowest BCUT2D eigenvalue weighted by Crippen LogP contribution is -2.65. The van der Waals surface area contributed by atoms with Gasteiger partial charge in [0.15, 0.2) is 5.78 Å². The van der Waals surface area contributed by atoms with Crippen LogP contribution in [0.4, 0.5) is 22.0 Å². The number of hydrogen-bond donors (Lipinski definition) is 2. The van der Waals surface area contributed by atoms with Crippen molar-refractivity contribution in [2.45, 2.75) is 95.3 Å². The maximum atomic E-state index is 15.1. The number of carbonyl (C=O) groups is 3. The summed E-state index contributed by atoms with van der Waals surface area (Å²) in [5, 5.41) is 14.1. The summed E-state index contributed by atoms with van der Waals surface area (Å²) in [7, 11) is 0. The number of halogens is 5. The van der Waals surface area contributed by atoms with E-state index in [1.807, 2.05) is 0 Å². The van der Waals surface area contributed by atoms with Crippen LogP contribution in [0.5, 0.6) is 0 Å². The minimum Gasteiger partial charge on any atom is -0.383 e. The van der Waals surface area contributed by atoms with Gasteiger partial charge in [0.25, 0.3) is 5.91 Å². The van der Waals surface area contributed by atoms with E-state index in [1.165, 1.54) is 13.8 Å². The van der Waals surface area contributed by atoms with E-state index in [9.17, 15) is 32.7 Å². The minimum absolute atomic E-state index is 0.0173. The summed E-state index contributed by atoms with van der Waals surface area (Å²) in [6.45, 7) is 3.18. The van der Waals surface area contributed by atoms with Gasteiger partial charge in [0.1, 0.15) is 11.4 Å². The van der Waals surface area contributed by atoms with Crippen molar-refractivity contribution in [1.82, 2.24) is 5.32 Å². The number of carbonyl (C=O) groups excluding carboxylic acids is 3.